The standard InChI is InChI=1S/C16H30N4O/c1-6-17-13-10-14(20-15(19-13)12(2)3)18-11-16(4,5)8-7-9-21/h10,12,21H,6-9,11H2,1-5H3,(H2,17,18,19,20). The van der Waals surface area contributed by atoms with E-state index < -0.39 is 0 Å². The number of aliphatic hydroxyl groups excluding tert-OH is 1. The van der Waals surface area contributed by atoms with E-state index >= 15 is 0 Å². The lowest BCUT2D eigenvalue weighted by Crippen LogP contribution is -2.24. The first-order chi connectivity index (χ1) is 9.88. The summed E-state index contributed by atoms with van der Waals surface area (Å²) in [5.74, 6) is 2.88. The van der Waals surface area contributed by atoms with Gasteiger partial charge < -0.3 is 15.7 Å². The first-order valence-corrected chi connectivity index (χ1v) is 7.85. The van der Waals surface area contributed by atoms with E-state index in [0.29, 0.717) is 5.92 Å². The lowest BCUT2D eigenvalue weighted by molar-refractivity contribution is 0.248. The van der Waals surface area contributed by atoms with Gasteiger partial charge in [-0.25, -0.2) is 9.97 Å². The lowest BCUT2D eigenvalue weighted by Gasteiger charge is -2.25. The van der Waals surface area contributed by atoms with Crippen LogP contribution in [0.25, 0.3) is 0 Å². The molecule has 0 amide bonds. The van der Waals surface area contributed by atoms with Gasteiger partial charge in [0.25, 0.3) is 0 Å². The summed E-state index contributed by atoms with van der Waals surface area (Å²) in [5, 5.41) is 15.6. The third-order valence-corrected chi connectivity index (χ3v) is 3.38. The fraction of sp³-hybridized carbons (Fsp3) is 0.750. The Kier molecular flexibility index (Phi) is 6.89. The molecule has 0 atom stereocenters. The van der Waals surface area contributed by atoms with Crippen molar-refractivity contribution in [2.24, 2.45) is 5.41 Å². The van der Waals surface area contributed by atoms with Crippen LogP contribution in [0.5, 0.6) is 0 Å². The molecular formula is C16H30N4O. The van der Waals surface area contributed by atoms with Crippen molar-refractivity contribution in [2.75, 3.05) is 30.3 Å². The Morgan fingerprint density at radius 3 is 2.33 bits per heavy atom. The van der Waals surface area contributed by atoms with Crippen molar-refractivity contribution in [3.8, 4) is 0 Å². The molecule has 0 aliphatic heterocycles. The fourth-order valence-corrected chi connectivity index (χ4v) is 2.06. The third-order valence-electron chi connectivity index (χ3n) is 3.38. The molecule has 0 aromatic carbocycles. The van der Waals surface area contributed by atoms with Crippen molar-refractivity contribution in [3.63, 3.8) is 0 Å². The minimum Gasteiger partial charge on any atom is -0.396 e. The minimum absolute atomic E-state index is 0.129. The Hall–Kier alpha value is -1.36. The van der Waals surface area contributed by atoms with E-state index in [1.165, 1.54) is 0 Å². The lowest BCUT2D eigenvalue weighted by atomic mass is 9.88. The predicted octanol–water partition coefficient (Wildman–Crippen LogP) is 3.24. The highest BCUT2D eigenvalue weighted by Crippen LogP contribution is 2.23. The van der Waals surface area contributed by atoms with Gasteiger partial charge in [-0.2, -0.15) is 0 Å². The molecule has 1 aromatic rings. The molecule has 3 N–H and O–H groups in total. The molecule has 120 valence electrons. The Morgan fingerprint density at radius 1 is 1.19 bits per heavy atom. The third kappa shape index (κ3) is 6.29. The van der Waals surface area contributed by atoms with Gasteiger partial charge in [-0.15, -0.1) is 0 Å². The molecule has 1 rings (SSSR count). The van der Waals surface area contributed by atoms with Crippen molar-refractivity contribution in [1.82, 2.24) is 9.97 Å². The molecule has 1 aromatic heterocycles. The molecule has 21 heavy (non-hydrogen) atoms. The number of aromatic nitrogens is 2. The molecule has 5 heteroatoms. The van der Waals surface area contributed by atoms with Crippen molar-refractivity contribution < 1.29 is 5.11 Å². The maximum Gasteiger partial charge on any atom is 0.135 e. The van der Waals surface area contributed by atoms with E-state index in [1.54, 1.807) is 0 Å². The average Bonchev–Trinajstić information content (AvgIpc) is 2.43. The van der Waals surface area contributed by atoms with Gasteiger partial charge in [0.2, 0.25) is 0 Å². The Morgan fingerprint density at radius 2 is 1.81 bits per heavy atom. The van der Waals surface area contributed by atoms with Gasteiger partial charge in [0, 0.05) is 31.7 Å². The average molecular weight is 294 g/mol. The number of rotatable bonds is 9. The summed E-state index contributed by atoms with van der Waals surface area (Å²) in [6.45, 7) is 12.6. The SMILES string of the molecule is CCNc1cc(NCC(C)(C)CCCO)nc(C(C)C)n1. The van der Waals surface area contributed by atoms with Crippen LogP contribution in [-0.2, 0) is 0 Å². The van der Waals surface area contributed by atoms with E-state index in [0.717, 1.165) is 43.4 Å². The number of hydrogen-bond acceptors (Lipinski definition) is 5. The van der Waals surface area contributed by atoms with Crippen LogP contribution >= 0.6 is 0 Å². The molecule has 0 aliphatic carbocycles. The van der Waals surface area contributed by atoms with E-state index in [9.17, 15) is 0 Å². The largest absolute Gasteiger partial charge is 0.396 e. The summed E-state index contributed by atoms with van der Waals surface area (Å²) in [6.07, 6.45) is 1.82. The zero-order valence-electron chi connectivity index (χ0n) is 14.0. The zero-order chi connectivity index (χ0) is 15.9. The second-order valence-electron chi connectivity index (χ2n) is 6.53. The molecule has 0 saturated carbocycles. The minimum atomic E-state index is 0.129. The maximum atomic E-state index is 8.96. The number of nitrogens with one attached hydrogen (secondary N) is 2. The topological polar surface area (TPSA) is 70.1 Å². The number of anilines is 2. The Bertz CT molecular complexity index is 432. The van der Waals surface area contributed by atoms with Crippen LogP contribution < -0.4 is 10.6 Å². The molecule has 0 fully saturated rings. The van der Waals surface area contributed by atoms with Crippen LogP contribution in [0.2, 0.25) is 0 Å². The van der Waals surface area contributed by atoms with Crippen LogP contribution in [0.15, 0.2) is 6.07 Å². The van der Waals surface area contributed by atoms with Gasteiger partial charge in [0.05, 0.1) is 0 Å². The van der Waals surface area contributed by atoms with Gasteiger partial charge in [-0.3, -0.25) is 0 Å². The fourth-order valence-electron chi connectivity index (χ4n) is 2.06. The van der Waals surface area contributed by atoms with Gasteiger partial charge in [-0.05, 0) is 25.2 Å². The van der Waals surface area contributed by atoms with Crippen LogP contribution in [0.1, 0.15) is 59.2 Å². The molecule has 1 heterocycles. The molecule has 0 radical (unpaired) electrons. The van der Waals surface area contributed by atoms with Crippen molar-refractivity contribution in [3.05, 3.63) is 11.9 Å². The zero-order valence-corrected chi connectivity index (χ0v) is 14.0. The quantitative estimate of drug-likeness (QED) is 0.652. The molecule has 0 aliphatic rings. The predicted molar refractivity (Wildman–Crippen MR) is 88.9 cm³/mol. The first kappa shape index (κ1) is 17.7. The van der Waals surface area contributed by atoms with Crippen LogP contribution in [0.4, 0.5) is 11.6 Å². The summed E-state index contributed by atoms with van der Waals surface area (Å²) in [6, 6.07) is 1.96. The number of nitrogens with zero attached hydrogens (tertiary/aromatic N) is 2. The van der Waals surface area contributed by atoms with Crippen LogP contribution in [0.3, 0.4) is 0 Å². The van der Waals surface area contributed by atoms with E-state index in [-0.39, 0.29) is 12.0 Å². The van der Waals surface area contributed by atoms with E-state index in [2.05, 4.69) is 55.2 Å². The van der Waals surface area contributed by atoms with Crippen LogP contribution in [-0.4, -0.2) is 34.8 Å². The molecule has 0 unspecified atom stereocenters. The second kappa shape index (κ2) is 8.17. The van der Waals surface area contributed by atoms with Gasteiger partial charge in [0.1, 0.15) is 17.5 Å². The Balaban J connectivity index is 2.77. The van der Waals surface area contributed by atoms with Crippen molar-refractivity contribution in [2.45, 2.75) is 53.4 Å². The first-order valence-electron chi connectivity index (χ1n) is 7.85. The van der Waals surface area contributed by atoms with Gasteiger partial charge in [-0.1, -0.05) is 27.7 Å². The molecule has 0 saturated heterocycles. The molecule has 0 spiro atoms. The van der Waals surface area contributed by atoms with E-state index in [4.69, 9.17) is 5.11 Å². The van der Waals surface area contributed by atoms with Crippen LogP contribution in [0, 0.1) is 5.41 Å². The number of hydrogen-bond donors (Lipinski definition) is 3. The van der Waals surface area contributed by atoms with Crippen molar-refractivity contribution in [1.29, 1.82) is 0 Å². The Labute approximate surface area is 128 Å². The summed E-state index contributed by atoms with van der Waals surface area (Å²) in [5.41, 5.74) is 0.129. The maximum absolute atomic E-state index is 8.96. The molecule has 5 nitrogen and oxygen atoms in total. The summed E-state index contributed by atoms with van der Waals surface area (Å²) >= 11 is 0. The molecular weight excluding hydrogens is 264 g/mol. The summed E-state index contributed by atoms with van der Waals surface area (Å²) in [4.78, 5) is 9.11. The number of aliphatic hydroxyl groups is 1. The monoisotopic (exact) mass is 294 g/mol. The molecule has 0 bridgehead atoms. The smallest absolute Gasteiger partial charge is 0.135 e. The normalized spacial score (nSPS) is 11.8. The van der Waals surface area contributed by atoms with Gasteiger partial charge in [0.15, 0.2) is 0 Å². The summed E-state index contributed by atoms with van der Waals surface area (Å²) < 4.78 is 0. The second-order valence-corrected chi connectivity index (χ2v) is 6.53. The highest BCUT2D eigenvalue weighted by Gasteiger charge is 2.17. The van der Waals surface area contributed by atoms with Gasteiger partial charge >= 0.3 is 0 Å². The van der Waals surface area contributed by atoms with E-state index in [1.807, 2.05) is 6.07 Å². The summed E-state index contributed by atoms with van der Waals surface area (Å²) in [7, 11) is 0. The highest BCUT2D eigenvalue weighted by atomic mass is 16.2. The van der Waals surface area contributed by atoms with Crippen molar-refractivity contribution >= 4 is 11.6 Å². The highest BCUT2D eigenvalue weighted by molar-refractivity contribution is 5.47.